The zero-order chi connectivity index (χ0) is 17.6. The van der Waals surface area contributed by atoms with Crippen LogP contribution in [0.25, 0.3) is 0 Å². The normalized spacial score (nSPS) is 19.8. The Bertz CT molecular complexity index is 659. The molecule has 0 unspecified atom stereocenters. The van der Waals surface area contributed by atoms with Gasteiger partial charge in [0.1, 0.15) is 0 Å². The fraction of sp³-hybridized carbons (Fsp3) is 0.500. The molecule has 2 aliphatic rings. The summed E-state index contributed by atoms with van der Waals surface area (Å²) in [6, 6.07) is 7.50. The van der Waals surface area contributed by atoms with Gasteiger partial charge in [-0.3, -0.25) is 25.2 Å². The van der Waals surface area contributed by atoms with Gasteiger partial charge in [0.2, 0.25) is 17.7 Å². The van der Waals surface area contributed by atoms with Crippen LogP contribution in [0.2, 0.25) is 0 Å². The number of carbonyl (C=O) groups is 3. The van der Waals surface area contributed by atoms with Crippen molar-refractivity contribution in [2.45, 2.75) is 55.1 Å². The molecule has 3 N–H and O–H groups in total. The molecule has 0 aromatic heterocycles. The van der Waals surface area contributed by atoms with Gasteiger partial charge >= 0.3 is 0 Å². The SMILES string of the molecule is O=C(CCC1CCCC1)NNC(=O)C[C@H]1Sc2ccccc2NC1=O. The van der Waals surface area contributed by atoms with Gasteiger partial charge in [0.25, 0.3) is 0 Å². The van der Waals surface area contributed by atoms with Gasteiger partial charge in [-0.25, -0.2) is 0 Å². The van der Waals surface area contributed by atoms with Gasteiger partial charge in [-0.15, -0.1) is 11.8 Å². The van der Waals surface area contributed by atoms with Gasteiger partial charge in [-0.1, -0.05) is 37.8 Å². The molecule has 3 amide bonds. The van der Waals surface area contributed by atoms with E-state index in [0.717, 1.165) is 17.0 Å². The van der Waals surface area contributed by atoms with Crippen molar-refractivity contribution in [1.29, 1.82) is 0 Å². The molecule has 25 heavy (non-hydrogen) atoms. The summed E-state index contributed by atoms with van der Waals surface area (Å²) >= 11 is 1.37. The Morgan fingerprint density at radius 1 is 1.12 bits per heavy atom. The molecule has 134 valence electrons. The predicted octanol–water partition coefficient (Wildman–Crippen LogP) is 2.61. The maximum Gasteiger partial charge on any atom is 0.240 e. The number of fused-ring (bicyclic) bond motifs is 1. The maximum atomic E-state index is 12.1. The molecule has 6 nitrogen and oxygen atoms in total. The van der Waals surface area contributed by atoms with E-state index in [4.69, 9.17) is 0 Å². The Balaban J connectivity index is 1.40. The number of hydrogen-bond donors (Lipinski definition) is 3. The van der Waals surface area contributed by atoms with E-state index in [1.54, 1.807) is 0 Å². The Hall–Kier alpha value is -2.02. The number of amides is 3. The van der Waals surface area contributed by atoms with Crippen molar-refractivity contribution in [3.63, 3.8) is 0 Å². The van der Waals surface area contributed by atoms with Crippen molar-refractivity contribution >= 4 is 35.2 Å². The summed E-state index contributed by atoms with van der Waals surface area (Å²) < 4.78 is 0. The van der Waals surface area contributed by atoms with E-state index in [0.29, 0.717) is 12.3 Å². The van der Waals surface area contributed by atoms with Crippen LogP contribution < -0.4 is 16.2 Å². The van der Waals surface area contributed by atoms with Crippen LogP contribution in [0.4, 0.5) is 5.69 Å². The van der Waals surface area contributed by atoms with E-state index in [1.165, 1.54) is 37.4 Å². The number of nitrogens with one attached hydrogen (secondary N) is 3. The average molecular weight is 361 g/mol. The Kier molecular flexibility index (Phi) is 5.96. The minimum absolute atomic E-state index is 0.0216. The minimum atomic E-state index is -0.495. The average Bonchev–Trinajstić information content (AvgIpc) is 3.12. The van der Waals surface area contributed by atoms with E-state index in [9.17, 15) is 14.4 Å². The monoisotopic (exact) mass is 361 g/mol. The van der Waals surface area contributed by atoms with Gasteiger partial charge < -0.3 is 5.32 Å². The van der Waals surface area contributed by atoms with Crippen molar-refractivity contribution in [3.8, 4) is 0 Å². The third-order valence-electron chi connectivity index (χ3n) is 4.67. The summed E-state index contributed by atoms with van der Waals surface area (Å²) in [5.41, 5.74) is 5.64. The quantitative estimate of drug-likeness (QED) is 0.704. The predicted molar refractivity (Wildman–Crippen MR) is 96.8 cm³/mol. The summed E-state index contributed by atoms with van der Waals surface area (Å²) in [4.78, 5) is 36.9. The third kappa shape index (κ3) is 4.98. The van der Waals surface area contributed by atoms with E-state index >= 15 is 0 Å². The van der Waals surface area contributed by atoms with Crippen molar-refractivity contribution in [1.82, 2.24) is 10.9 Å². The minimum Gasteiger partial charge on any atom is -0.324 e. The fourth-order valence-electron chi connectivity index (χ4n) is 3.28. The molecule has 0 saturated heterocycles. The van der Waals surface area contributed by atoms with E-state index in [1.807, 2.05) is 24.3 Å². The van der Waals surface area contributed by atoms with Crippen molar-refractivity contribution in [2.24, 2.45) is 5.92 Å². The molecule has 0 spiro atoms. The molecule has 1 fully saturated rings. The molecule has 1 aromatic rings. The molecule has 3 rings (SSSR count). The van der Waals surface area contributed by atoms with Crippen LogP contribution in [-0.4, -0.2) is 23.0 Å². The maximum absolute atomic E-state index is 12.1. The summed E-state index contributed by atoms with van der Waals surface area (Å²) in [6.07, 6.45) is 6.24. The number of hydrazine groups is 1. The molecular formula is C18H23N3O3S. The van der Waals surface area contributed by atoms with Crippen LogP contribution in [0.15, 0.2) is 29.2 Å². The van der Waals surface area contributed by atoms with Crippen LogP contribution in [0.5, 0.6) is 0 Å². The molecule has 1 saturated carbocycles. The molecule has 1 heterocycles. The number of carbonyl (C=O) groups excluding carboxylic acids is 3. The standard InChI is InChI=1S/C18H23N3O3S/c22-16(10-9-12-5-1-2-6-12)20-21-17(23)11-15-18(24)19-13-7-3-4-8-14(13)25-15/h3-4,7-8,12,15H,1-2,5-6,9-11H2,(H,19,24)(H,20,22)(H,21,23)/t15-/m1/s1. The highest BCUT2D eigenvalue weighted by molar-refractivity contribution is 8.01. The number of benzene rings is 1. The Morgan fingerprint density at radius 3 is 2.64 bits per heavy atom. The van der Waals surface area contributed by atoms with Gasteiger partial charge in [0, 0.05) is 17.7 Å². The number of thioether (sulfide) groups is 1. The van der Waals surface area contributed by atoms with E-state index in [-0.39, 0.29) is 24.1 Å². The zero-order valence-corrected chi connectivity index (χ0v) is 14.9. The van der Waals surface area contributed by atoms with Crippen LogP contribution in [0.3, 0.4) is 0 Å². The van der Waals surface area contributed by atoms with Crippen LogP contribution in [0.1, 0.15) is 44.9 Å². The molecule has 7 heteroatoms. The summed E-state index contributed by atoms with van der Waals surface area (Å²) in [5, 5.41) is 2.31. The van der Waals surface area contributed by atoms with Crippen LogP contribution in [0, 0.1) is 5.92 Å². The lowest BCUT2D eigenvalue weighted by molar-refractivity contribution is -0.129. The number of rotatable bonds is 5. The second-order valence-corrected chi connectivity index (χ2v) is 7.83. The highest BCUT2D eigenvalue weighted by atomic mass is 32.2. The van der Waals surface area contributed by atoms with Gasteiger partial charge in [0.15, 0.2) is 0 Å². The van der Waals surface area contributed by atoms with Crippen molar-refractivity contribution in [2.75, 3.05) is 5.32 Å². The fourth-order valence-corrected chi connectivity index (χ4v) is 4.39. The first-order valence-corrected chi connectivity index (χ1v) is 9.64. The Labute approximate surface area is 151 Å². The van der Waals surface area contributed by atoms with Crippen molar-refractivity contribution in [3.05, 3.63) is 24.3 Å². The molecule has 1 atom stereocenters. The second kappa shape index (κ2) is 8.38. The molecule has 1 aliphatic heterocycles. The number of hydrogen-bond acceptors (Lipinski definition) is 4. The van der Waals surface area contributed by atoms with E-state index < -0.39 is 5.25 Å². The first-order chi connectivity index (χ1) is 12.1. The molecule has 0 radical (unpaired) electrons. The first kappa shape index (κ1) is 17.8. The highest BCUT2D eigenvalue weighted by Gasteiger charge is 2.28. The lowest BCUT2D eigenvalue weighted by Crippen LogP contribution is -2.44. The highest BCUT2D eigenvalue weighted by Crippen LogP contribution is 2.36. The lowest BCUT2D eigenvalue weighted by Gasteiger charge is -2.23. The molecule has 1 aliphatic carbocycles. The molecular weight excluding hydrogens is 338 g/mol. The largest absolute Gasteiger partial charge is 0.324 e. The third-order valence-corrected chi connectivity index (χ3v) is 5.95. The summed E-state index contributed by atoms with van der Waals surface area (Å²) in [5.74, 6) is -0.0807. The van der Waals surface area contributed by atoms with Crippen molar-refractivity contribution < 1.29 is 14.4 Å². The molecule has 1 aromatic carbocycles. The van der Waals surface area contributed by atoms with Gasteiger partial charge in [-0.05, 0) is 24.5 Å². The topological polar surface area (TPSA) is 87.3 Å². The number of para-hydroxylation sites is 1. The Morgan fingerprint density at radius 2 is 1.84 bits per heavy atom. The van der Waals surface area contributed by atoms with Crippen LogP contribution >= 0.6 is 11.8 Å². The van der Waals surface area contributed by atoms with Gasteiger partial charge in [0.05, 0.1) is 10.9 Å². The zero-order valence-electron chi connectivity index (χ0n) is 14.0. The second-order valence-electron chi connectivity index (χ2n) is 6.58. The summed E-state index contributed by atoms with van der Waals surface area (Å²) in [6.45, 7) is 0. The van der Waals surface area contributed by atoms with Crippen LogP contribution in [-0.2, 0) is 14.4 Å². The smallest absolute Gasteiger partial charge is 0.240 e. The van der Waals surface area contributed by atoms with E-state index in [2.05, 4.69) is 16.2 Å². The number of anilines is 1. The van der Waals surface area contributed by atoms with Gasteiger partial charge in [-0.2, -0.15) is 0 Å². The summed E-state index contributed by atoms with van der Waals surface area (Å²) in [7, 11) is 0. The first-order valence-electron chi connectivity index (χ1n) is 8.76. The molecule has 0 bridgehead atoms. The lowest BCUT2D eigenvalue weighted by atomic mass is 10.0.